The van der Waals surface area contributed by atoms with Crippen molar-refractivity contribution in [2.45, 2.75) is 19.4 Å². The maximum absolute atomic E-state index is 13.2. The predicted octanol–water partition coefficient (Wildman–Crippen LogP) is 1.42. The Morgan fingerprint density at radius 3 is 2.83 bits per heavy atom. The number of piperazine rings is 1. The standard InChI is InChI=1S/C17H22FN3O2.ClH/c18-15-5-1-3-13(9-15)11-20-7-8-21(12-16(20)22)17(23)14-4-2-6-19-10-14;/h1,3,5,9,14,19H,2,4,6-8,10-12H2;1H. The minimum atomic E-state index is -0.298. The van der Waals surface area contributed by atoms with Crippen molar-refractivity contribution in [1.82, 2.24) is 15.1 Å². The highest BCUT2D eigenvalue weighted by Crippen LogP contribution is 2.16. The van der Waals surface area contributed by atoms with Crippen LogP contribution in [0.1, 0.15) is 18.4 Å². The third kappa shape index (κ3) is 4.45. The number of amides is 2. The van der Waals surface area contributed by atoms with Gasteiger partial charge in [0.05, 0.1) is 12.5 Å². The second-order valence-corrected chi connectivity index (χ2v) is 6.25. The van der Waals surface area contributed by atoms with Crippen LogP contribution < -0.4 is 5.32 Å². The molecule has 0 aliphatic carbocycles. The van der Waals surface area contributed by atoms with Crippen LogP contribution >= 0.6 is 12.4 Å². The molecule has 2 saturated heterocycles. The van der Waals surface area contributed by atoms with Gasteiger partial charge < -0.3 is 15.1 Å². The fraction of sp³-hybridized carbons (Fsp3) is 0.529. The molecule has 1 aromatic carbocycles. The quantitative estimate of drug-likeness (QED) is 0.892. The molecule has 2 aliphatic rings. The number of benzene rings is 1. The van der Waals surface area contributed by atoms with Gasteiger partial charge in [0.2, 0.25) is 11.8 Å². The number of hydrogen-bond donors (Lipinski definition) is 1. The molecule has 0 radical (unpaired) electrons. The summed E-state index contributed by atoms with van der Waals surface area (Å²) in [6.45, 7) is 3.24. The minimum absolute atomic E-state index is 0. The molecular weight excluding hydrogens is 333 g/mol. The number of piperidine rings is 1. The van der Waals surface area contributed by atoms with E-state index in [0.717, 1.165) is 24.9 Å². The van der Waals surface area contributed by atoms with E-state index >= 15 is 0 Å². The van der Waals surface area contributed by atoms with Crippen LogP contribution in [0.4, 0.5) is 4.39 Å². The van der Waals surface area contributed by atoms with E-state index in [1.807, 2.05) is 6.07 Å². The summed E-state index contributed by atoms with van der Waals surface area (Å²) in [7, 11) is 0. The van der Waals surface area contributed by atoms with Crippen molar-refractivity contribution in [3.63, 3.8) is 0 Å². The smallest absolute Gasteiger partial charge is 0.242 e. The van der Waals surface area contributed by atoms with Gasteiger partial charge in [0, 0.05) is 26.2 Å². The Labute approximate surface area is 147 Å². The summed E-state index contributed by atoms with van der Waals surface area (Å²) >= 11 is 0. The van der Waals surface area contributed by atoms with Crippen molar-refractivity contribution in [3.05, 3.63) is 35.6 Å². The third-order valence-corrected chi connectivity index (χ3v) is 4.54. The molecule has 1 unspecified atom stereocenters. The van der Waals surface area contributed by atoms with Crippen LogP contribution in [0.3, 0.4) is 0 Å². The molecule has 1 aromatic rings. The third-order valence-electron chi connectivity index (χ3n) is 4.54. The first kappa shape index (κ1) is 18.7. The van der Waals surface area contributed by atoms with Gasteiger partial charge in [-0.25, -0.2) is 4.39 Å². The lowest BCUT2D eigenvalue weighted by molar-refractivity contribution is -0.148. The van der Waals surface area contributed by atoms with Gasteiger partial charge in [-0.2, -0.15) is 0 Å². The van der Waals surface area contributed by atoms with Gasteiger partial charge in [-0.05, 0) is 37.1 Å². The van der Waals surface area contributed by atoms with E-state index in [9.17, 15) is 14.0 Å². The molecular formula is C17H23ClFN3O2. The Bertz CT molecular complexity index is 593. The Morgan fingerprint density at radius 1 is 1.33 bits per heavy atom. The average molecular weight is 356 g/mol. The number of carbonyl (C=O) groups is 2. The maximum atomic E-state index is 13.2. The summed E-state index contributed by atoms with van der Waals surface area (Å²) in [6, 6.07) is 6.28. The summed E-state index contributed by atoms with van der Waals surface area (Å²) in [5.74, 6) is -0.298. The van der Waals surface area contributed by atoms with Gasteiger partial charge >= 0.3 is 0 Å². The zero-order valence-corrected chi connectivity index (χ0v) is 14.4. The molecule has 2 heterocycles. The fourth-order valence-corrected chi connectivity index (χ4v) is 3.24. The molecule has 0 bridgehead atoms. The number of nitrogens with one attached hydrogen (secondary N) is 1. The van der Waals surface area contributed by atoms with Gasteiger partial charge in [-0.3, -0.25) is 9.59 Å². The first-order chi connectivity index (χ1) is 11.1. The van der Waals surface area contributed by atoms with Crippen LogP contribution in [-0.4, -0.2) is 54.3 Å². The number of halogens is 2. The topological polar surface area (TPSA) is 52.7 Å². The minimum Gasteiger partial charge on any atom is -0.335 e. The first-order valence-corrected chi connectivity index (χ1v) is 8.15. The van der Waals surface area contributed by atoms with Crippen LogP contribution in [0.15, 0.2) is 24.3 Å². The molecule has 24 heavy (non-hydrogen) atoms. The Kier molecular flexibility index (Phi) is 6.57. The lowest BCUT2D eigenvalue weighted by Crippen LogP contribution is -2.54. The molecule has 3 rings (SSSR count). The first-order valence-electron chi connectivity index (χ1n) is 8.15. The van der Waals surface area contributed by atoms with Crippen LogP contribution in [0.25, 0.3) is 0 Å². The monoisotopic (exact) mass is 355 g/mol. The summed E-state index contributed by atoms with van der Waals surface area (Å²) in [6.07, 6.45) is 1.90. The van der Waals surface area contributed by atoms with Crippen LogP contribution in [0.2, 0.25) is 0 Å². The average Bonchev–Trinajstić information content (AvgIpc) is 2.57. The van der Waals surface area contributed by atoms with Crippen molar-refractivity contribution < 1.29 is 14.0 Å². The molecule has 5 nitrogen and oxygen atoms in total. The van der Waals surface area contributed by atoms with E-state index in [2.05, 4.69) is 5.32 Å². The van der Waals surface area contributed by atoms with Crippen molar-refractivity contribution in [2.24, 2.45) is 5.92 Å². The van der Waals surface area contributed by atoms with Gasteiger partial charge in [0.25, 0.3) is 0 Å². The Balaban J connectivity index is 0.00000208. The van der Waals surface area contributed by atoms with E-state index in [0.29, 0.717) is 26.2 Å². The van der Waals surface area contributed by atoms with E-state index in [1.54, 1.807) is 15.9 Å². The molecule has 0 saturated carbocycles. The molecule has 0 aromatic heterocycles. The van der Waals surface area contributed by atoms with Crippen LogP contribution in [-0.2, 0) is 16.1 Å². The maximum Gasteiger partial charge on any atom is 0.242 e. The second kappa shape index (κ2) is 8.44. The van der Waals surface area contributed by atoms with Gasteiger partial charge in [0.15, 0.2) is 0 Å². The molecule has 7 heteroatoms. The van der Waals surface area contributed by atoms with Crippen molar-refractivity contribution in [1.29, 1.82) is 0 Å². The Hall–Kier alpha value is -1.66. The highest BCUT2D eigenvalue weighted by Gasteiger charge is 2.31. The van der Waals surface area contributed by atoms with E-state index < -0.39 is 0 Å². The van der Waals surface area contributed by atoms with Crippen LogP contribution in [0.5, 0.6) is 0 Å². The molecule has 2 aliphatic heterocycles. The largest absolute Gasteiger partial charge is 0.335 e. The summed E-state index contributed by atoms with van der Waals surface area (Å²) in [4.78, 5) is 28.1. The van der Waals surface area contributed by atoms with Gasteiger partial charge in [0.1, 0.15) is 5.82 Å². The van der Waals surface area contributed by atoms with Crippen LogP contribution in [0, 0.1) is 11.7 Å². The van der Waals surface area contributed by atoms with Gasteiger partial charge in [-0.1, -0.05) is 12.1 Å². The number of hydrogen-bond acceptors (Lipinski definition) is 3. The zero-order valence-electron chi connectivity index (χ0n) is 13.5. The SMILES string of the molecule is Cl.O=C1CN(C(=O)C2CCCNC2)CCN1Cc1cccc(F)c1. The second-order valence-electron chi connectivity index (χ2n) is 6.25. The number of rotatable bonds is 3. The molecule has 1 atom stereocenters. The normalized spacial score (nSPS) is 21.4. The molecule has 2 amide bonds. The van der Waals surface area contributed by atoms with Crippen molar-refractivity contribution >= 4 is 24.2 Å². The molecule has 2 fully saturated rings. The lowest BCUT2D eigenvalue weighted by Gasteiger charge is -2.36. The van der Waals surface area contributed by atoms with E-state index in [4.69, 9.17) is 0 Å². The van der Waals surface area contributed by atoms with Crippen molar-refractivity contribution in [2.75, 3.05) is 32.7 Å². The number of carbonyl (C=O) groups excluding carboxylic acids is 2. The molecule has 132 valence electrons. The summed E-state index contributed by atoms with van der Waals surface area (Å²) in [5, 5.41) is 3.23. The van der Waals surface area contributed by atoms with Crippen molar-refractivity contribution in [3.8, 4) is 0 Å². The molecule has 0 spiro atoms. The predicted molar refractivity (Wildman–Crippen MR) is 91.2 cm³/mol. The lowest BCUT2D eigenvalue weighted by atomic mass is 9.98. The Morgan fingerprint density at radius 2 is 2.17 bits per heavy atom. The summed E-state index contributed by atoms with van der Waals surface area (Å²) in [5.41, 5.74) is 0.773. The zero-order chi connectivity index (χ0) is 16.2. The number of nitrogens with zero attached hydrogens (tertiary/aromatic N) is 2. The molecule has 1 N–H and O–H groups in total. The summed E-state index contributed by atoms with van der Waals surface area (Å²) < 4.78 is 13.2. The van der Waals surface area contributed by atoms with Gasteiger partial charge in [-0.15, -0.1) is 12.4 Å². The van der Waals surface area contributed by atoms with E-state index in [-0.39, 0.29) is 42.5 Å². The highest BCUT2D eigenvalue weighted by atomic mass is 35.5. The highest BCUT2D eigenvalue weighted by molar-refractivity contribution is 5.87. The van der Waals surface area contributed by atoms with E-state index in [1.165, 1.54) is 12.1 Å². The fourth-order valence-electron chi connectivity index (χ4n) is 3.24.